The summed E-state index contributed by atoms with van der Waals surface area (Å²) in [5.41, 5.74) is 0.153. The van der Waals surface area contributed by atoms with Crippen molar-refractivity contribution in [2.24, 2.45) is 5.92 Å². The van der Waals surface area contributed by atoms with Gasteiger partial charge < -0.3 is 15.0 Å². The monoisotopic (exact) mass is 421 g/mol. The lowest BCUT2D eigenvalue weighted by Crippen LogP contribution is -2.50. The quantitative estimate of drug-likeness (QED) is 0.660. The fourth-order valence-electron chi connectivity index (χ4n) is 2.82. The lowest BCUT2D eigenvalue weighted by atomic mass is 9.90. The van der Waals surface area contributed by atoms with Crippen LogP contribution in [-0.4, -0.2) is 41.9 Å². The molecule has 0 fully saturated rings. The van der Waals surface area contributed by atoms with Crippen molar-refractivity contribution in [3.05, 3.63) is 71.3 Å². The van der Waals surface area contributed by atoms with Gasteiger partial charge in [0.1, 0.15) is 5.54 Å². The standard InChI is InChI=1S/C24H27N3O4/c1-17(2)24(3,16-25)26-21(28)15-31-23(30)20-13-9-8-12-19(20)22(29)27(4)14-18-10-6-5-7-11-18/h5-13,17H,14-15H2,1-4H3,(H,26,28)/t24-/m1/s1. The lowest BCUT2D eigenvalue weighted by Gasteiger charge is -2.27. The predicted octanol–water partition coefficient (Wildman–Crippen LogP) is 3.17. The van der Waals surface area contributed by atoms with Gasteiger partial charge in [-0.2, -0.15) is 5.26 Å². The molecule has 2 rings (SSSR count). The van der Waals surface area contributed by atoms with Gasteiger partial charge in [-0.15, -0.1) is 0 Å². The largest absolute Gasteiger partial charge is 0.452 e. The molecule has 31 heavy (non-hydrogen) atoms. The number of carbonyl (C=O) groups is 3. The van der Waals surface area contributed by atoms with E-state index in [-0.39, 0.29) is 23.0 Å². The van der Waals surface area contributed by atoms with Crippen molar-refractivity contribution in [1.29, 1.82) is 5.26 Å². The molecule has 0 aliphatic heterocycles. The Morgan fingerprint density at radius 1 is 1.06 bits per heavy atom. The van der Waals surface area contributed by atoms with E-state index in [0.29, 0.717) is 6.54 Å². The van der Waals surface area contributed by atoms with Crippen LogP contribution in [-0.2, 0) is 16.1 Å². The van der Waals surface area contributed by atoms with Crippen LogP contribution in [0.3, 0.4) is 0 Å². The van der Waals surface area contributed by atoms with E-state index < -0.39 is 24.0 Å². The summed E-state index contributed by atoms with van der Waals surface area (Å²) in [6.07, 6.45) is 0. The van der Waals surface area contributed by atoms with Crippen molar-refractivity contribution >= 4 is 17.8 Å². The number of ether oxygens (including phenoxy) is 1. The van der Waals surface area contributed by atoms with Crippen LogP contribution >= 0.6 is 0 Å². The maximum Gasteiger partial charge on any atom is 0.339 e. The van der Waals surface area contributed by atoms with Crippen molar-refractivity contribution < 1.29 is 19.1 Å². The van der Waals surface area contributed by atoms with E-state index in [1.807, 2.05) is 44.2 Å². The molecular weight excluding hydrogens is 394 g/mol. The fourth-order valence-corrected chi connectivity index (χ4v) is 2.82. The minimum absolute atomic E-state index is 0.0760. The van der Waals surface area contributed by atoms with Gasteiger partial charge in [0.15, 0.2) is 6.61 Å². The molecular formula is C24H27N3O4. The van der Waals surface area contributed by atoms with E-state index in [1.165, 1.54) is 11.0 Å². The zero-order valence-electron chi connectivity index (χ0n) is 18.2. The molecule has 2 aromatic rings. The molecule has 0 saturated carbocycles. The average molecular weight is 421 g/mol. The Morgan fingerprint density at radius 3 is 2.23 bits per heavy atom. The zero-order chi connectivity index (χ0) is 23.0. The first-order valence-corrected chi connectivity index (χ1v) is 9.95. The first-order valence-electron chi connectivity index (χ1n) is 9.95. The molecule has 162 valence electrons. The van der Waals surface area contributed by atoms with Gasteiger partial charge in [-0.25, -0.2) is 4.79 Å². The summed E-state index contributed by atoms with van der Waals surface area (Å²) in [4.78, 5) is 39.2. The highest BCUT2D eigenvalue weighted by atomic mass is 16.5. The van der Waals surface area contributed by atoms with Crippen LogP contribution in [0, 0.1) is 17.2 Å². The third-order valence-corrected chi connectivity index (χ3v) is 5.11. The van der Waals surface area contributed by atoms with Gasteiger partial charge in [-0.05, 0) is 30.5 Å². The van der Waals surface area contributed by atoms with Gasteiger partial charge in [0, 0.05) is 13.6 Å². The summed E-state index contributed by atoms with van der Waals surface area (Å²) in [5.74, 6) is -1.83. The van der Waals surface area contributed by atoms with Gasteiger partial charge in [0.2, 0.25) is 0 Å². The summed E-state index contributed by atoms with van der Waals surface area (Å²) in [6, 6.07) is 17.9. The van der Waals surface area contributed by atoms with E-state index in [4.69, 9.17) is 4.74 Å². The van der Waals surface area contributed by atoms with Gasteiger partial charge in [-0.1, -0.05) is 56.3 Å². The molecule has 0 saturated heterocycles. The number of nitriles is 1. The summed E-state index contributed by atoms with van der Waals surface area (Å²) >= 11 is 0. The fraction of sp³-hybridized carbons (Fsp3) is 0.333. The highest BCUT2D eigenvalue weighted by Crippen LogP contribution is 2.16. The number of hydrogen-bond donors (Lipinski definition) is 1. The van der Waals surface area contributed by atoms with Crippen LogP contribution in [0.5, 0.6) is 0 Å². The van der Waals surface area contributed by atoms with Crippen LogP contribution in [0.2, 0.25) is 0 Å². The topological polar surface area (TPSA) is 99.5 Å². The Morgan fingerprint density at radius 2 is 1.65 bits per heavy atom. The third-order valence-electron chi connectivity index (χ3n) is 5.11. The second-order valence-corrected chi connectivity index (χ2v) is 7.79. The van der Waals surface area contributed by atoms with Crippen molar-refractivity contribution in [3.8, 4) is 6.07 Å². The number of hydrogen-bond acceptors (Lipinski definition) is 5. The summed E-state index contributed by atoms with van der Waals surface area (Å²) in [6.45, 7) is 5.05. The van der Waals surface area contributed by atoms with E-state index in [9.17, 15) is 19.6 Å². The molecule has 7 heteroatoms. The second kappa shape index (κ2) is 10.4. The number of carbonyl (C=O) groups excluding carboxylic acids is 3. The normalized spacial score (nSPS) is 12.4. The third kappa shape index (κ3) is 6.16. The van der Waals surface area contributed by atoms with Crippen LogP contribution < -0.4 is 5.32 Å². The maximum absolute atomic E-state index is 12.9. The molecule has 0 aliphatic carbocycles. The van der Waals surface area contributed by atoms with Crippen LogP contribution in [0.15, 0.2) is 54.6 Å². The lowest BCUT2D eigenvalue weighted by molar-refractivity contribution is -0.125. The molecule has 2 aromatic carbocycles. The van der Waals surface area contributed by atoms with Gasteiger partial charge in [-0.3, -0.25) is 9.59 Å². The molecule has 0 spiro atoms. The summed E-state index contributed by atoms with van der Waals surface area (Å²) in [5, 5.41) is 11.9. The molecule has 0 radical (unpaired) electrons. The maximum atomic E-state index is 12.9. The molecule has 1 atom stereocenters. The number of nitrogens with zero attached hydrogens (tertiary/aromatic N) is 2. The van der Waals surface area contributed by atoms with Crippen LogP contribution in [0.25, 0.3) is 0 Å². The molecule has 0 aliphatic rings. The number of amides is 2. The Bertz CT molecular complexity index is 982. The summed E-state index contributed by atoms with van der Waals surface area (Å²) in [7, 11) is 1.65. The molecule has 0 aromatic heterocycles. The number of benzene rings is 2. The van der Waals surface area contributed by atoms with Crippen LogP contribution in [0.1, 0.15) is 47.1 Å². The van der Waals surface area contributed by atoms with Crippen molar-refractivity contribution in [3.63, 3.8) is 0 Å². The van der Waals surface area contributed by atoms with E-state index in [1.54, 1.807) is 32.2 Å². The molecule has 0 heterocycles. The Labute approximate surface area is 182 Å². The molecule has 0 unspecified atom stereocenters. The molecule has 0 bridgehead atoms. The Balaban J connectivity index is 2.07. The number of esters is 1. The first-order chi connectivity index (χ1) is 14.7. The van der Waals surface area contributed by atoms with E-state index in [2.05, 4.69) is 11.4 Å². The van der Waals surface area contributed by atoms with Crippen LogP contribution in [0.4, 0.5) is 0 Å². The SMILES string of the molecule is CC(C)[C@@](C)(C#N)NC(=O)COC(=O)c1ccccc1C(=O)N(C)Cc1ccccc1. The predicted molar refractivity (Wildman–Crippen MR) is 116 cm³/mol. The number of nitrogens with one attached hydrogen (secondary N) is 1. The van der Waals surface area contributed by atoms with Crippen molar-refractivity contribution in [2.75, 3.05) is 13.7 Å². The van der Waals surface area contributed by atoms with Gasteiger partial charge >= 0.3 is 5.97 Å². The van der Waals surface area contributed by atoms with E-state index >= 15 is 0 Å². The average Bonchev–Trinajstić information content (AvgIpc) is 2.77. The minimum Gasteiger partial charge on any atom is -0.452 e. The smallest absolute Gasteiger partial charge is 0.339 e. The minimum atomic E-state index is -1.07. The highest BCUT2D eigenvalue weighted by Gasteiger charge is 2.30. The van der Waals surface area contributed by atoms with Crippen molar-refractivity contribution in [1.82, 2.24) is 10.2 Å². The molecule has 1 N–H and O–H groups in total. The van der Waals surface area contributed by atoms with E-state index in [0.717, 1.165) is 5.56 Å². The van der Waals surface area contributed by atoms with Gasteiger partial charge in [0.05, 0.1) is 17.2 Å². The zero-order valence-corrected chi connectivity index (χ0v) is 18.2. The first kappa shape index (κ1) is 23.6. The molecule has 7 nitrogen and oxygen atoms in total. The van der Waals surface area contributed by atoms with Gasteiger partial charge in [0.25, 0.3) is 11.8 Å². The summed E-state index contributed by atoms with van der Waals surface area (Å²) < 4.78 is 5.12. The number of rotatable bonds is 8. The molecule has 2 amide bonds. The Hall–Kier alpha value is -3.66. The second-order valence-electron chi connectivity index (χ2n) is 7.79. The van der Waals surface area contributed by atoms with Crippen molar-refractivity contribution in [2.45, 2.75) is 32.9 Å². The highest BCUT2D eigenvalue weighted by molar-refractivity contribution is 6.05. The Kier molecular flexibility index (Phi) is 7.92.